The number of nitrogens with one attached hydrogen (secondary N) is 1. The Kier molecular flexibility index (Phi) is 45.7. The predicted molar refractivity (Wildman–Crippen MR) is 282 cm³/mol. The highest BCUT2D eigenvalue weighted by atomic mass is 31.2. The highest BCUT2D eigenvalue weighted by molar-refractivity contribution is 7.47. The number of phosphoric ester groups is 1. The average Bonchev–Trinajstić information content (AvgIpc) is 3.27. The number of carbonyl (C=O) groups excluding carboxylic acids is 2. The molecule has 10 heteroatoms. The number of hydrogen-bond acceptors (Lipinski definition) is 6. The lowest BCUT2D eigenvalue weighted by Crippen LogP contribution is -2.47. The Morgan fingerprint density at radius 1 is 0.530 bits per heavy atom. The summed E-state index contributed by atoms with van der Waals surface area (Å²) in [5.74, 6) is -0.576. The molecular formula is C56H108N2O7P+. The fourth-order valence-electron chi connectivity index (χ4n) is 7.99. The van der Waals surface area contributed by atoms with Crippen LogP contribution in [0, 0.1) is 0 Å². The highest BCUT2D eigenvalue weighted by Gasteiger charge is 2.30. The van der Waals surface area contributed by atoms with E-state index < -0.39 is 20.0 Å². The first-order valence-corrected chi connectivity index (χ1v) is 29.3. The number of nitrogens with zero attached hydrogens (tertiary/aromatic N) is 1. The molecule has 2 N–H and O–H groups in total. The van der Waals surface area contributed by atoms with Crippen molar-refractivity contribution in [2.24, 2.45) is 0 Å². The third-order valence-corrected chi connectivity index (χ3v) is 13.3. The topological polar surface area (TPSA) is 111 Å². The molecule has 0 aliphatic heterocycles. The fourth-order valence-corrected chi connectivity index (χ4v) is 8.73. The molecule has 0 aliphatic carbocycles. The Labute approximate surface area is 408 Å². The van der Waals surface area contributed by atoms with E-state index in [0.717, 1.165) is 51.4 Å². The number of esters is 1. The first-order chi connectivity index (χ1) is 31.9. The van der Waals surface area contributed by atoms with Gasteiger partial charge in [-0.05, 0) is 51.0 Å². The molecule has 1 amide bonds. The van der Waals surface area contributed by atoms with Crippen molar-refractivity contribution < 1.29 is 37.3 Å². The normalized spacial score (nSPS) is 14.1. The number of unbranched alkanes of at least 4 members (excludes halogenated alkanes) is 30. The molecule has 388 valence electrons. The Morgan fingerprint density at radius 3 is 1.39 bits per heavy atom. The van der Waals surface area contributed by atoms with Gasteiger partial charge >= 0.3 is 13.8 Å². The van der Waals surface area contributed by atoms with Crippen molar-refractivity contribution in [1.82, 2.24) is 5.32 Å². The van der Waals surface area contributed by atoms with Gasteiger partial charge in [0.1, 0.15) is 19.3 Å². The number of carbonyl (C=O) groups is 2. The molecule has 0 rings (SSSR count). The van der Waals surface area contributed by atoms with Crippen molar-refractivity contribution in [2.75, 3.05) is 40.9 Å². The molecule has 0 saturated carbocycles. The summed E-state index contributed by atoms with van der Waals surface area (Å²) in [5.41, 5.74) is 0. The van der Waals surface area contributed by atoms with E-state index in [2.05, 4.69) is 44.3 Å². The second-order valence-corrected chi connectivity index (χ2v) is 21.6. The van der Waals surface area contributed by atoms with E-state index in [0.29, 0.717) is 23.9 Å². The van der Waals surface area contributed by atoms with Gasteiger partial charge in [-0.2, -0.15) is 0 Å². The smallest absolute Gasteiger partial charge is 0.456 e. The molecule has 0 fully saturated rings. The van der Waals surface area contributed by atoms with Crippen LogP contribution in [0.3, 0.4) is 0 Å². The summed E-state index contributed by atoms with van der Waals surface area (Å²) in [6, 6.07) is -0.864. The number of allylic oxidation sites excluding steroid dienone is 5. The third kappa shape index (κ3) is 47.3. The minimum atomic E-state index is -4.45. The number of hydrogen-bond donors (Lipinski definition) is 2. The predicted octanol–water partition coefficient (Wildman–Crippen LogP) is 16.4. The maximum atomic E-state index is 13.5. The molecule has 0 aromatic heterocycles. The average molecular weight is 952 g/mol. The molecule has 0 aromatic carbocycles. The van der Waals surface area contributed by atoms with Crippen LogP contribution >= 0.6 is 7.82 Å². The van der Waals surface area contributed by atoms with Crippen LogP contribution in [-0.2, 0) is 27.9 Å². The van der Waals surface area contributed by atoms with E-state index in [1.165, 1.54) is 167 Å². The van der Waals surface area contributed by atoms with E-state index in [-0.39, 0.29) is 31.5 Å². The Hall–Kier alpha value is -1.77. The number of phosphoric acid groups is 1. The number of ether oxygens (including phenoxy) is 1. The van der Waals surface area contributed by atoms with E-state index in [9.17, 15) is 19.0 Å². The zero-order chi connectivity index (χ0) is 48.7. The van der Waals surface area contributed by atoms with Crippen molar-refractivity contribution in [1.29, 1.82) is 0 Å². The van der Waals surface area contributed by atoms with Crippen LogP contribution in [0.15, 0.2) is 36.5 Å². The Balaban J connectivity index is 5.39. The molecule has 0 heterocycles. The second kappa shape index (κ2) is 46.9. The molecule has 0 aliphatic rings. The van der Waals surface area contributed by atoms with E-state index in [1.807, 2.05) is 39.4 Å². The zero-order valence-corrected chi connectivity index (χ0v) is 45.1. The van der Waals surface area contributed by atoms with E-state index in [1.54, 1.807) is 0 Å². The van der Waals surface area contributed by atoms with Gasteiger partial charge in [-0.1, -0.05) is 231 Å². The van der Waals surface area contributed by atoms with Crippen LogP contribution in [0.25, 0.3) is 0 Å². The molecular weight excluding hydrogens is 844 g/mol. The van der Waals surface area contributed by atoms with Crippen LogP contribution < -0.4 is 5.32 Å². The summed E-state index contributed by atoms with van der Waals surface area (Å²) in [6.07, 6.45) is 54.4. The van der Waals surface area contributed by atoms with Crippen molar-refractivity contribution in [3.63, 3.8) is 0 Å². The van der Waals surface area contributed by atoms with E-state index >= 15 is 0 Å². The van der Waals surface area contributed by atoms with Crippen LogP contribution in [-0.4, -0.2) is 74.3 Å². The lowest BCUT2D eigenvalue weighted by Gasteiger charge is -2.27. The maximum absolute atomic E-state index is 13.5. The zero-order valence-electron chi connectivity index (χ0n) is 44.2. The van der Waals surface area contributed by atoms with Crippen molar-refractivity contribution >= 4 is 19.7 Å². The number of likely N-dealkylation sites (N-methyl/N-ethyl adjacent to an activating group) is 1. The molecule has 0 radical (unpaired) electrons. The van der Waals surface area contributed by atoms with Crippen molar-refractivity contribution in [3.8, 4) is 0 Å². The van der Waals surface area contributed by atoms with Gasteiger partial charge in [0.25, 0.3) is 0 Å². The van der Waals surface area contributed by atoms with Gasteiger partial charge in [0, 0.05) is 12.8 Å². The van der Waals surface area contributed by atoms with Gasteiger partial charge < -0.3 is 19.4 Å². The Bertz CT molecular complexity index is 1230. The molecule has 0 aromatic rings. The third-order valence-electron chi connectivity index (χ3n) is 12.3. The largest absolute Gasteiger partial charge is 0.472 e. The lowest BCUT2D eigenvalue weighted by molar-refractivity contribution is -0.870. The van der Waals surface area contributed by atoms with Gasteiger partial charge in [0.15, 0.2) is 0 Å². The summed E-state index contributed by atoms with van der Waals surface area (Å²) in [4.78, 5) is 37.4. The molecule has 0 bridgehead atoms. The quantitative estimate of drug-likeness (QED) is 0.0205. The van der Waals surface area contributed by atoms with Crippen LogP contribution in [0.1, 0.15) is 258 Å². The summed E-state index contributed by atoms with van der Waals surface area (Å²) >= 11 is 0. The van der Waals surface area contributed by atoms with Crippen LogP contribution in [0.4, 0.5) is 0 Å². The monoisotopic (exact) mass is 952 g/mol. The molecule has 0 spiro atoms. The lowest BCUT2D eigenvalue weighted by atomic mass is 10.0. The van der Waals surface area contributed by atoms with Crippen LogP contribution in [0.5, 0.6) is 0 Å². The first kappa shape index (κ1) is 64.2. The molecule has 66 heavy (non-hydrogen) atoms. The van der Waals surface area contributed by atoms with Gasteiger partial charge in [-0.25, -0.2) is 4.57 Å². The highest BCUT2D eigenvalue weighted by Crippen LogP contribution is 2.43. The molecule has 0 saturated heterocycles. The summed E-state index contributed by atoms with van der Waals surface area (Å²) in [5, 5.41) is 3.03. The fraction of sp³-hybridized carbons (Fsp3) is 0.857. The van der Waals surface area contributed by atoms with Gasteiger partial charge in [0.2, 0.25) is 5.91 Å². The standard InChI is InChI=1S/C56H107N2O7P/c1-7-10-13-16-19-22-25-27-28-29-31-33-36-39-42-45-48-55(59)57-53(52-64-66(61,62)63-51-50-58(4,5)6)54(47-44-41-38-35-32-24-21-18-15-12-9-3)65-56(60)49-46-43-40-37-34-30-26-23-20-17-14-11-8-2/h30,34,40,43-44,47,53-54H,7-29,31-33,35-39,41-42,45-46,48-52H2,1-6H3,(H-,57,59,61,62)/p+1/b34-30-,43-40+,47-44+. The number of quaternary nitrogens is 1. The van der Waals surface area contributed by atoms with Gasteiger partial charge in [-0.3, -0.25) is 18.6 Å². The van der Waals surface area contributed by atoms with Crippen LogP contribution in [0.2, 0.25) is 0 Å². The molecule has 3 unspecified atom stereocenters. The van der Waals surface area contributed by atoms with E-state index in [4.69, 9.17) is 13.8 Å². The Morgan fingerprint density at radius 2 is 0.939 bits per heavy atom. The SMILES string of the molecule is CCCCCCCC/C=C\C/C=C/CCC(=O)OC(/C=C/CCCCCCCCCCC)C(COP(=O)(O)OCC[N+](C)(C)C)NC(=O)CCCCCCCCCCCCCCCCCC. The van der Waals surface area contributed by atoms with Crippen molar-refractivity contribution in [2.45, 2.75) is 270 Å². The summed E-state index contributed by atoms with van der Waals surface area (Å²) in [7, 11) is 1.48. The molecule has 3 atom stereocenters. The van der Waals surface area contributed by atoms with Gasteiger partial charge in [0.05, 0.1) is 33.8 Å². The minimum absolute atomic E-state index is 0.0348. The maximum Gasteiger partial charge on any atom is 0.472 e. The number of amides is 1. The summed E-state index contributed by atoms with van der Waals surface area (Å²) in [6.45, 7) is 6.97. The number of rotatable bonds is 50. The van der Waals surface area contributed by atoms with Gasteiger partial charge in [-0.15, -0.1) is 0 Å². The van der Waals surface area contributed by atoms with Crippen molar-refractivity contribution in [3.05, 3.63) is 36.5 Å². The molecule has 9 nitrogen and oxygen atoms in total. The first-order valence-electron chi connectivity index (χ1n) is 27.8. The minimum Gasteiger partial charge on any atom is -0.456 e. The second-order valence-electron chi connectivity index (χ2n) is 20.1. The summed E-state index contributed by atoms with van der Waals surface area (Å²) < 4.78 is 30.5.